The SMILES string of the molecule is O=C(NCc1ccccc1)[C@@H]1CC[C@H]2[C@@H]3CCC4[C@H](C=Cc5nccn54)[C@H]3CC[C@@H]21. The van der Waals surface area contributed by atoms with Crippen LogP contribution in [0.25, 0.3) is 6.08 Å². The van der Waals surface area contributed by atoms with Crippen LogP contribution in [-0.2, 0) is 11.3 Å². The molecule has 1 aromatic heterocycles. The quantitative estimate of drug-likeness (QED) is 0.799. The summed E-state index contributed by atoms with van der Waals surface area (Å²) in [6, 6.07) is 10.9. The van der Waals surface area contributed by atoms with Gasteiger partial charge in [-0.05, 0) is 73.8 Å². The number of amides is 1. The number of rotatable bonds is 3. The number of carbonyl (C=O) groups is 1. The van der Waals surface area contributed by atoms with Crippen LogP contribution in [0.5, 0.6) is 0 Å². The lowest BCUT2D eigenvalue weighted by Crippen LogP contribution is -2.45. The monoisotopic (exact) mass is 401 g/mol. The van der Waals surface area contributed by atoms with Gasteiger partial charge in [0.1, 0.15) is 5.82 Å². The van der Waals surface area contributed by atoms with Crippen molar-refractivity contribution in [3.63, 3.8) is 0 Å². The van der Waals surface area contributed by atoms with Crippen LogP contribution in [0.2, 0.25) is 0 Å². The van der Waals surface area contributed by atoms with Crippen LogP contribution in [0.15, 0.2) is 48.8 Å². The lowest BCUT2D eigenvalue weighted by molar-refractivity contribution is -0.127. The minimum absolute atomic E-state index is 0.222. The molecule has 0 spiro atoms. The van der Waals surface area contributed by atoms with Crippen LogP contribution in [0.1, 0.15) is 56.0 Å². The number of carbonyl (C=O) groups excluding carboxylic acids is 1. The largest absolute Gasteiger partial charge is 0.352 e. The zero-order valence-electron chi connectivity index (χ0n) is 17.5. The number of benzene rings is 1. The summed E-state index contributed by atoms with van der Waals surface area (Å²) in [5.41, 5.74) is 1.19. The van der Waals surface area contributed by atoms with Gasteiger partial charge in [0.15, 0.2) is 0 Å². The van der Waals surface area contributed by atoms with E-state index in [1.165, 1.54) is 37.7 Å². The molecule has 0 bridgehead atoms. The molecule has 4 heteroatoms. The van der Waals surface area contributed by atoms with Crippen LogP contribution in [0.4, 0.5) is 0 Å². The van der Waals surface area contributed by atoms with E-state index < -0.39 is 0 Å². The van der Waals surface area contributed by atoms with Gasteiger partial charge in [-0.15, -0.1) is 0 Å². The molecule has 0 radical (unpaired) electrons. The van der Waals surface area contributed by atoms with Gasteiger partial charge in [0.25, 0.3) is 0 Å². The van der Waals surface area contributed by atoms with E-state index in [1.54, 1.807) is 0 Å². The van der Waals surface area contributed by atoms with Crippen molar-refractivity contribution >= 4 is 12.0 Å². The van der Waals surface area contributed by atoms with Gasteiger partial charge < -0.3 is 9.88 Å². The average molecular weight is 402 g/mol. The predicted molar refractivity (Wildman–Crippen MR) is 117 cm³/mol. The van der Waals surface area contributed by atoms with E-state index in [0.717, 1.165) is 30.0 Å². The second-order valence-electron chi connectivity index (χ2n) is 9.89. The Hall–Kier alpha value is -2.36. The molecule has 3 aliphatic carbocycles. The third-order valence-electron chi connectivity index (χ3n) is 8.72. The highest BCUT2D eigenvalue weighted by Crippen LogP contribution is 2.58. The molecule has 1 aliphatic heterocycles. The van der Waals surface area contributed by atoms with Crippen LogP contribution in [-0.4, -0.2) is 15.5 Å². The van der Waals surface area contributed by atoms with Gasteiger partial charge in [0, 0.05) is 36.8 Å². The van der Waals surface area contributed by atoms with E-state index in [-0.39, 0.29) is 5.92 Å². The van der Waals surface area contributed by atoms with E-state index in [2.05, 4.69) is 45.3 Å². The van der Waals surface area contributed by atoms with Crippen LogP contribution in [0.3, 0.4) is 0 Å². The second-order valence-corrected chi connectivity index (χ2v) is 9.89. The molecule has 1 unspecified atom stereocenters. The Balaban J connectivity index is 1.14. The maximum atomic E-state index is 13.0. The number of aromatic nitrogens is 2. The van der Waals surface area contributed by atoms with Crippen LogP contribution in [0, 0.1) is 35.5 Å². The normalized spacial score (nSPS) is 36.3. The maximum Gasteiger partial charge on any atom is 0.223 e. The Labute approximate surface area is 178 Å². The number of imidazole rings is 1. The average Bonchev–Trinajstić information content (AvgIpc) is 3.45. The molecular weight excluding hydrogens is 370 g/mol. The van der Waals surface area contributed by atoms with E-state index >= 15 is 0 Å². The number of fused-ring (bicyclic) bond motifs is 7. The van der Waals surface area contributed by atoms with Crippen molar-refractivity contribution < 1.29 is 4.79 Å². The zero-order valence-corrected chi connectivity index (χ0v) is 17.5. The Morgan fingerprint density at radius 3 is 2.63 bits per heavy atom. The molecule has 1 N–H and O–H groups in total. The molecule has 30 heavy (non-hydrogen) atoms. The number of nitrogens with one attached hydrogen (secondary N) is 1. The topological polar surface area (TPSA) is 46.9 Å². The summed E-state index contributed by atoms with van der Waals surface area (Å²) < 4.78 is 2.42. The van der Waals surface area contributed by atoms with Gasteiger partial charge >= 0.3 is 0 Å². The minimum atomic E-state index is 0.222. The number of allylic oxidation sites excluding steroid dienone is 1. The van der Waals surface area contributed by atoms with Gasteiger partial charge in [0.05, 0.1) is 0 Å². The van der Waals surface area contributed by atoms with Crippen LogP contribution >= 0.6 is 0 Å². The summed E-state index contributed by atoms with van der Waals surface area (Å²) in [7, 11) is 0. The summed E-state index contributed by atoms with van der Waals surface area (Å²) in [6.45, 7) is 0.654. The van der Waals surface area contributed by atoms with Gasteiger partial charge in [0.2, 0.25) is 5.91 Å². The Kier molecular flexibility index (Phi) is 4.54. The molecule has 7 atom stereocenters. The first-order valence-electron chi connectivity index (χ1n) is 11.8. The fourth-order valence-electron chi connectivity index (χ4n) is 7.48. The third kappa shape index (κ3) is 2.95. The molecule has 1 amide bonds. The van der Waals surface area contributed by atoms with Gasteiger partial charge in [-0.1, -0.05) is 36.4 Å². The predicted octanol–water partition coefficient (Wildman–Crippen LogP) is 4.85. The molecule has 3 saturated carbocycles. The highest BCUT2D eigenvalue weighted by molar-refractivity contribution is 5.79. The fourth-order valence-corrected chi connectivity index (χ4v) is 7.48. The first-order chi connectivity index (χ1) is 14.8. The Morgan fingerprint density at radius 2 is 1.73 bits per heavy atom. The number of hydrogen-bond donors (Lipinski definition) is 1. The van der Waals surface area contributed by atoms with Crippen molar-refractivity contribution in [2.45, 2.75) is 51.1 Å². The molecular formula is C26H31N3O. The van der Waals surface area contributed by atoms with E-state index in [9.17, 15) is 4.79 Å². The molecule has 156 valence electrons. The number of nitrogens with zero attached hydrogens (tertiary/aromatic N) is 2. The maximum absolute atomic E-state index is 13.0. The summed E-state index contributed by atoms with van der Waals surface area (Å²) in [5.74, 6) is 5.20. The lowest BCUT2D eigenvalue weighted by atomic mass is 9.56. The minimum Gasteiger partial charge on any atom is -0.352 e. The first kappa shape index (κ1) is 18.4. The molecule has 1 aromatic carbocycles. The van der Waals surface area contributed by atoms with Gasteiger partial charge in [-0.3, -0.25) is 4.79 Å². The lowest BCUT2D eigenvalue weighted by Gasteiger charge is -2.51. The van der Waals surface area contributed by atoms with Crippen molar-refractivity contribution in [3.8, 4) is 0 Å². The molecule has 2 heterocycles. The van der Waals surface area contributed by atoms with E-state index in [1.807, 2.05) is 24.4 Å². The molecule has 2 aromatic rings. The van der Waals surface area contributed by atoms with Crippen LogP contribution < -0.4 is 5.32 Å². The summed E-state index contributed by atoms with van der Waals surface area (Å²) in [4.78, 5) is 17.5. The fraction of sp³-hybridized carbons (Fsp3) is 0.538. The smallest absolute Gasteiger partial charge is 0.223 e. The Morgan fingerprint density at radius 1 is 0.967 bits per heavy atom. The molecule has 4 aliphatic rings. The van der Waals surface area contributed by atoms with Crippen molar-refractivity contribution in [2.75, 3.05) is 0 Å². The van der Waals surface area contributed by atoms with Crippen molar-refractivity contribution in [1.82, 2.24) is 14.9 Å². The second kappa shape index (κ2) is 7.40. The van der Waals surface area contributed by atoms with Crippen molar-refractivity contribution in [1.29, 1.82) is 0 Å². The molecule has 0 saturated heterocycles. The van der Waals surface area contributed by atoms with E-state index in [4.69, 9.17) is 0 Å². The summed E-state index contributed by atoms with van der Waals surface area (Å²) in [6.07, 6.45) is 16.2. The third-order valence-corrected chi connectivity index (χ3v) is 8.72. The summed E-state index contributed by atoms with van der Waals surface area (Å²) in [5, 5.41) is 3.24. The molecule has 4 nitrogen and oxygen atoms in total. The number of hydrogen-bond acceptors (Lipinski definition) is 2. The molecule has 6 rings (SSSR count). The standard InChI is InChI=1S/C26H31N3O/c30-26(28-16-17-4-2-1-3-5-17)23-9-8-18-19-10-12-24-22(20(19)6-7-21(18)23)11-13-25-27-14-15-29(24)25/h1-5,11,13-15,18-24H,6-10,12,16H2,(H,28,30)/t18-,19-,20-,21-,22+,23+,24?/m0/s1. The van der Waals surface area contributed by atoms with Gasteiger partial charge in [-0.25, -0.2) is 4.98 Å². The van der Waals surface area contributed by atoms with Gasteiger partial charge in [-0.2, -0.15) is 0 Å². The van der Waals surface area contributed by atoms with Crippen molar-refractivity contribution in [2.24, 2.45) is 35.5 Å². The van der Waals surface area contributed by atoms with Crippen molar-refractivity contribution in [3.05, 3.63) is 60.2 Å². The first-order valence-corrected chi connectivity index (χ1v) is 11.8. The summed E-state index contributed by atoms with van der Waals surface area (Å²) >= 11 is 0. The highest BCUT2D eigenvalue weighted by atomic mass is 16.1. The molecule has 3 fully saturated rings. The Bertz CT molecular complexity index is 948. The zero-order chi connectivity index (χ0) is 20.1. The van der Waals surface area contributed by atoms with E-state index in [0.29, 0.717) is 30.3 Å². The highest BCUT2D eigenvalue weighted by Gasteiger charge is 2.52.